The Morgan fingerprint density at radius 2 is 1.93 bits per heavy atom. The standard InChI is InChI=1S/C21H13FO5/c1-12-6-7-13(25-12)11-19-20(23)16-9-8-14(10-18(16)27-19)26-21(24)15-4-2-3-5-17(15)22/h2-11H,1H3/b19-11-. The van der Waals surface area contributed by atoms with Crippen LogP contribution in [0.3, 0.4) is 0 Å². The Kier molecular flexibility index (Phi) is 4.08. The van der Waals surface area contributed by atoms with Crippen LogP contribution in [-0.2, 0) is 0 Å². The SMILES string of the molecule is Cc1ccc(/C=C2\Oc3cc(OC(=O)c4ccccc4F)ccc3C2=O)o1. The molecule has 0 aliphatic carbocycles. The van der Waals surface area contributed by atoms with Crippen molar-refractivity contribution in [1.29, 1.82) is 0 Å². The molecule has 0 atom stereocenters. The van der Waals surface area contributed by atoms with Gasteiger partial charge < -0.3 is 13.9 Å². The third-order valence-corrected chi connectivity index (χ3v) is 3.98. The average Bonchev–Trinajstić information content (AvgIpc) is 3.19. The first kappa shape index (κ1) is 16.8. The van der Waals surface area contributed by atoms with Crippen molar-refractivity contribution in [3.8, 4) is 11.5 Å². The van der Waals surface area contributed by atoms with Crippen molar-refractivity contribution in [2.24, 2.45) is 0 Å². The van der Waals surface area contributed by atoms with Gasteiger partial charge in [-0.15, -0.1) is 0 Å². The Morgan fingerprint density at radius 3 is 2.67 bits per heavy atom. The largest absolute Gasteiger partial charge is 0.462 e. The zero-order valence-corrected chi connectivity index (χ0v) is 14.2. The summed E-state index contributed by atoms with van der Waals surface area (Å²) in [4.78, 5) is 24.5. The molecule has 4 rings (SSSR count). The lowest BCUT2D eigenvalue weighted by atomic mass is 10.1. The van der Waals surface area contributed by atoms with Gasteiger partial charge in [-0.2, -0.15) is 0 Å². The molecule has 0 fully saturated rings. The number of hydrogen-bond acceptors (Lipinski definition) is 5. The van der Waals surface area contributed by atoms with Gasteiger partial charge >= 0.3 is 5.97 Å². The van der Waals surface area contributed by atoms with Crippen molar-refractivity contribution in [2.45, 2.75) is 6.92 Å². The van der Waals surface area contributed by atoms with Crippen molar-refractivity contribution < 1.29 is 27.9 Å². The van der Waals surface area contributed by atoms with Gasteiger partial charge in [0.05, 0.1) is 11.1 Å². The summed E-state index contributed by atoms with van der Waals surface area (Å²) in [6.45, 7) is 1.80. The first-order valence-electron chi connectivity index (χ1n) is 8.13. The number of aryl methyl sites for hydroxylation is 1. The van der Waals surface area contributed by atoms with Gasteiger partial charge in [0.15, 0.2) is 5.76 Å². The molecule has 6 heteroatoms. The lowest BCUT2D eigenvalue weighted by molar-refractivity contribution is 0.0729. The summed E-state index contributed by atoms with van der Waals surface area (Å²) >= 11 is 0. The minimum absolute atomic E-state index is 0.108. The fourth-order valence-electron chi connectivity index (χ4n) is 2.68. The first-order chi connectivity index (χ1) is 13.0. The Balaban J connectivity index is 1.57. The summed E-state index contributed by atoms with van der Waals surface area (Å²) in [5.41, 5.74) is 0.166. The molecule has 2 aromatic carbocycles. The van der Waals surface area contributed by atoms with Crippen LogP contribution in [0, 0.1) is 12.7 Å². The summed E-state index contributed by atoms with van der Waals surface area (Å²) in [6, 6.07) is 13.4. The minimum atomic E-state index is -0.834. The number of rotatable bonds is 3. The number of esters is 1. The highest BCUT2D eigenvalue weighted by atomic mass is 19.1. The molecule has 0 amide bonds. The second-order valence-electron chi connectivity index (χ2n) is 5.92. The number of carbonyl (C=O) groups excluding carboxylic acids is 2. The Hall–Kier alpha value is -3.67. The summed E-state index contributed by atoms with van der Waals surface area (Å²) < 4.78 is 29.9. The number of halogens is 1. The van der Waals surface area contributed by atoms with Crippen LogP contribution in [0.4, 0.5) is 4.39 Å². The number of benzene rings is 2. The summed E-state index contributed by atoms with van der Waals surface area (Å²) in [5.74, 6) is -0.0866. The summed E-state index contributed by atoms with van der Waals surface area (Å²) in [6.07, 6.45) is 1.50. The van der Waals surface area contributed by atoms with E-state index in [1.807, 2.05) is 0 Å². The lowest BCUT2D eigenvalue weighted by Gasteiger charge is -2.06. The van der Waals surface area contributed by atoms with Gasteiger partial charge in [0.1, 0.15) is 28.8 Å². The molecule has 0 bridgehead atoms. The number of furan rings is 1. The van der Waals surface area contributed by atoms with Crippen molar-refractivity contribution in [3.05, 3.63) is 88.8 Å². The highest BCUT2D eigenvalue weighted by Gasteiger charge is 2.28. The lowest BCUT2D eigenvalue weighted by Crippen LogP contribution is -2.10. The molecular formula is C21H13FO5. The summed E-state index contributed by atoms with van der Waals surface area (Å²) in [7, 11) is 0. The fourth-order valence-corrected chi connectivity index (χ4v) is 2.68. The van der Waals surface area contributed by atoms with E-state index in [0.717, 1.165) is 0 Å². The highest BCUT2D eigenvalue weighted by molar-refractivity contribution is 6.14. The molecule has 0 N–H and O–H groups in total. The Labute approximate surface area is 153 Å². The van der Waals surface area contributed by atoms with E-state index in [-0.39, 0.29) is 28.6 Å². The van der Waals surface area contributed by atoms with Gasteiger partial charge in [-0.25, -0.2) is 9.18 Å². The van der Waals surface area contributed by atoms with Crippen LogP contribution in [0.2, 0.25) is 0 Å². The topological polar surface area (TPSA) is 65.7 Å². The second-order valence-corrected chi connectivity index (χ2v) is 5.92. The number of allylic oxidation sites excluding steroid dienone is 1. The van der Waals surface area contributed by atoms with Gasteiger partial charge in [-0.3, -0.25) is 4.79 Å². The molecule has 134 valence electrons. The molecule has 0 radical (unpaired) electrons. The number of fused-ring (bicyclic) bond motifs is 1. The van der Waals surface area contributed by atoms with Crippen LogP contribution in [0.5, 0.6) is 11.5 Å². The Bertz CT molecular complexity index is 1090. The van der Waals surface area contributed by atoms with Crippen LogP contribution >= 0.6 is 0 Å². The highest BCUT2D eigenvalue weighted by Crippen LogP contribution is 2.35. The van der Waals surface area contributed by atoms with Gasteiger partial charge in [-0.1, -0.05) is 12.1 Å². The predicted molar refractivity (Wildman–Crippen MR) is 94.2 cm³/mol. The number of ether oxygens (including phenoxy) is 2. The maximum absolute atomic E-state index is 13.7. The average molecular weight is 364 g/mol. The number of hydrogen-bond donors (Lipinski definition) is 0. The van der Waals surface area contributed by atoms with E-state index in [4.69, 9.17) is 13.9 Å². The second kappa shape index (κ2) is 6.57. The van der Waals surface area contributed by atoms with E-state index in [9.17, 15) is 14.0 Å². The molecule has 1 aromatic heterocycles. The number of ketones is 1. The minimum Gasteiger partial charge on any atom is -0.462 e. The van der Waals surface area contributed by atoms with Gasteiger partial charge in [0.25, 0.3) is 0 Å². The predicted octanol–water partition coefficient (Wildman–Crippen LogP) is 4.56. The molecule has 2 heterocycles. The van der Waals surface area contributed by atoms with E-state index in [1.165, 1.54) is 48.5 Å². The molecule has 1 aliphatic rings. The van der Waals surface area contributed by atoms with E-state index in [2.05, 4.69) is 0 Å². The molecule has 27 heavy (non-hydrogen) atoms. The van der Waals surface area contributed by atoms with Crippen LogP contribution in [0.1, 0.15) is 32.2 Å². The Morgan fingerprint density at radius 1 is 1.11 bits per heavy atom. The third kappa shape index (κ3) is 3.25. The molecule has 5 nitrogen and oxygen atoms in total. The van der Waals surface area contributed by atoms with E-state index < -0.39 is 11.8 Å². The quantitative estimate of drug-likeness (QED) is 0.387. The van der Waals surface area contributed by atoms with Crippen LogP contribution < -0.4 is 9.47 Å². The van der Waals surface area contributed by atoms with E-state index >= 15 is 0 Å². The fraction of sp³-hybridized carbons (Fsp3) is 0.0476. The zero-order chi connectivity index (χ0) is 19.0. The van der Waals surface area contributed by atoms with Gasteiger partial charge in [0, 0.05) is 12.1 Å². The van der Waals surface area contributed by atoms with Crippen LogP contribution in [0.15, 0.2) is 64.8 Å². The van der Waals surface area contributed by atoms with Crippen LogP contribution in [-0.4, -0.2) is 11.8 Å². The number of Topliss-reactive ketones (excluding diaryl/α,β-unsaturated/α-hetero) is 1. The zero-order valence-electron chi connectivity index (χ0n) is 14.2. The molecule has 0 saturated carbocycles. The molecule has 0 saturated heterocycles. The van der Waals surface area contributed by atoms with Crippen molar-refractivity contribution in [3.63, 3.8) is 0 Å². The van der Waals surface area contributed by atoms with Crippen molar-refractivity contribution in [2.75, 3.05) is 0 Å². The third-order valence-electron chi connectivity index (χ3n) is 3.98. The molecule has 3 aromatic rings. The normalized spacial score (nSPS) is 14.1. The maximum Gasteiger partial charge on any atom is 0.346 e. The van der Waals surface area contributed by atoms with E-state index in [0.29, 0.717) is 17.1 Å². The van der Waals surface area contributed by atoms with Crippen LogP contribution in [0.25, 0.3) is 6.08 Å². The monoisotopic (exact) mass is 364 g/mol. The maximum atomic E-state index is 13.7. The van der Waals surface area contributed by atoms with Crippen molar-refractivity contribution in [1.82, 2.24) is 0 Å². The van der Waals surface area contributed by atoms with E-state index in [1.54, 1.807) is 19.1 Å². The molecular weight excluding hydrogens is 351 g/mol. The molecule has 0 unspecified atom stereocenters. The summed E-state index contributed by atoms with van der Waals surface area (Å²) in [5, 5.41) is 0. The number of carbonyl (C=O) groups is 2. The smallest absolute Gasteiger partial charge is 0.346 e. The van der Waals surface area contributed by atoms with Crippen molar-refractivity contribution >= 4 is 17.8 Å². The molecule has 0 spiro atoms. The first-order valence-corrected chi connectivity index (χ1v) is 8.13. The molecule has 1 aliphatic heterocycles. The van der Waals surface area contributed by atoms with Gasteiger partial charge in [0.2, 0.25) is 5.78 Å². The van der Waals surface area contributed by atoms with Gasteiger partial charge in [-0.05, 0) is 43.3 Å².